The second kappa shape index (κ2) is 6.31. The van der Waals surface area contributed by atoms with Crippen molar-refractivity contribution in [2.75, 3.05) is 10.6 Å². The fraction of sp³-hybridized carbons (Fsp3) is 0.235. The summed E-state index contributed by atoms with van der Waals surface area (Å²) in [5.41, 5.74) is 2.85. The fourth-order valence-electron chi connectivity index (χ4n) is 1.90. The van der Waals surface area contributed by atoms with Gasteiger partial charge in [-0.25, -0.2) is 4.79 Å². The minimum Gasteiger partial charge on any atom is -0.308 e. The molecule has 0 aliphatic heterocycles. The predicted octanol–water partition coefficient (Wildman–Crippen LogP) is 5.39. The molecular formula is C17H19BrN2O. The van der Waals surface area contributed by atoms with Crippen LogP contribution in [-0.4, -0.2) is 6.03 Å². The minimum atomic E-state index is -0.259. The number of nitrogens with one attached hydrogen (secondary N) is 2. The van der Waals surface area contributed by atoms with Crippen LogP contribution in [0, 0.1) is 0 Å². The van der Waals surface area contributed by atoms with Crippen LogP contribution in [0.25, 0.3) is 0 Å². The third-order valence-corrected chi connectivity index (χ3v) is 3.82. The number of carbonyl (C=O) groups excluding carboxylic acids is 1. The Morgan fingerprint density at radius 3 is 2.14 bits per heavy atom. The van der Waals surface area contributed by atoms with Crippen LogP contribution in [0.15, 0.2) is 53.0 Å². The molecule has 0 bridgehead atoms. The van der Waals surface area contributed by atoms with Gasteiger partial charge in [-0.15, -0.1) is 0 Å². The average Bonchev–Trinajstić information content (AvgIpc) is 2.41. The molecule has 110 valence electrons. The van der Waals surface area contributed by atoms with E-state index in [1.165, 1.54) is 5.56 Å². The van der Waals surface area contributed by atoms with Crippen LogP contribution in [0.4, 0.5) is 16.2 Å². The number of rotatable bonds is 2. The summed E-state index contributed by atoms with van der Waals surface area (Å²) in [6.07, 6.45) is 0. The smallest absolute Gasteiger partial charge is 0.308 e. The normalized spacial score (nSPS) is 11.0. The van der Waals surface area contributed by atoms with Gasteiger partial charge < -0.3 is 10.6 Å². The second-order valence-electron chi connectivity index (χ2n) is 5.89. The Morgan fingerprint density at radius 2 is 1.57 bits per heavy atom. The number of urea groups is 1. The number of benzene rings is 2. The molecule has 0 heterocycles. The molecule has 0 aliphatic rings. The first-order valence-electron chi connectivity index (χ1n) is 6.79. The maximum absolute atomic E-state index is 12.0. The van der Waals surface area contributed by atoms with Crippen molar-refractivity contribution in [3.63, 3.8) is 0 Å². The summed E-state index contributed by atoms with van der Waals surface area (Å²) in [5.74, 6) is 0. The summed E-state index contributed by atoms with van der Waals surface area (Å²) in [6.45, 7) is 6.49. The molecule has 2 rings (SSSR count). The Labute approximate surface area is 133 Å². The number of anilines is 2. The van der Waals surface area contributed by atoms with E-state index >= 15 is 0 Å². The van der Waals surface area contributed by atoms with Gasteiger partial charge in [-0.05, 0) is 51.2 Å². The highest BCUT2D eigenvalue weighted by molar-refractivity contribution is 9.10. The van der Waals surface area contributed by atoms with Crippen LogP contribution >= 0.6 is 15.9 Å². The zero-order chi connectivity index (χ0) is 15.5. The van der Waals surface area contributed by atoms with Gasteiger partial charge in [0.25, 0.3) is 0 Å². The number of hydrogen-bond acceptors (Lipinski definition) is 1. The van der Waals surface area contributed by atoms with E-state index in [0.29, 0.717) is 0 Å². The molecule has 0 atom stereocenters. The number of carbonyl (C=O) groups is 1. The van der Waals surface area contributed by atoms with Crippen LogP contribution in [0.2, 0.25) is 0 Å². The van der Waals surface area contributed by atoms with Gasteiger partial charge in [-0.3, -0.25) is 0 Å². The molecule has 2 N–H and O–H groups in total. The van der Waals surface area contributed by atoms with E-state index in [9.17, 15) is 4.79 Å². The zero-order valence-corrected chi connectivity index (χ0v) is 14.0. The van der Waals surface area contributed by atoms with E-state index in [4.69, 9.17) is 0 Å². The molecule has 0 saturated heterocycles. The van der Waals surface area contributed by atoms with Crippen LogP contribution in [0.3, 0.4) is 0 Å². The molecule has 0 radical (unpaired) electrons. The lowest BCUT2D eigenvalue weighted by Gasteiger charge is -2.19. The van der Waals surface area contributed by atoms with Crippen molar-refractivity contribution in [3.05, 3.63) is 58.6 Å². The Hall–Kier alpha value is -1.81. The minimum absolute atomic E-state index is 0.107. The number of halogens is 1. The summed E-state index contributed by atoms with van der Waals surface area (Å²) < 4.78 is 0.850. The predicted molar refractivity (Wildman–Crippen MR) is 91.9 cm³/mol. The maximum Gasteiger partial charge on any atom is 0.323 e. The quantitative estimate of drug-likeness (QED) is 0.751. The second-order valence-corrected chi connectivity index (χ2v) is 6.74. The van der Waals surface area contributed by atoms with Crippen molar-refractivity contribution < 1.29 is 4.79 Å². The van der Waals surface area contributed by atoms with Crippen molar-refractivity contribution in [1.82, 2.24) is 0 Å². The Kier molecular flexibility index (Phi) is 4.68. The van der Waals surface area contributed by atoms with Crippen LogP contribution in [0.1, 0.15) is 26.3 Å². The molecule has 21 heavy (non-hydrogen) atoms. The van der Waals surface area contributed by atoms with E-state index in [1.807, 2.05) is 48.5 Å². The first-order valence-corrected chi connectivity index (χ1v) is 7.58. The first kappa shape index (κ1) is 15.6. The van der Waals surface area contributed by atoms with Gasteiger partial charge in [-0.1, -0.05) is 45.0 Å². The number of hydrogen-bond donors (Lipinski definition) is 2. The standard InChI is InChI=1S/C17H19BrN2O/c1-17(2,3)12-8-10-13(11-9-12)19-16(21)20-15-7-5-4-6-14(15)18/h4-11H,1-3H3,(H2,19,20,21). The summed E-state index contributed by atoms with van der Waals surface area (Å²) in [4.78, 5) is 12.0. The molecule has 0 fully saturated rings. The Morgan fingerprint density at radius 1 is 0.952 bits per heavy atom. The third-order valence-electron chi connectivity index (χ3n) is 3.13. The third kappa shape index (κ3) is 4.33. The number of para-hydroxylation sites is 1. The Bertz CT molecular complexity index is 630. The molecule has 2 amide bonds. The average molecular weight is 347 g/mol. The van der Waals surface area contributed by atoms with E-state index in [-0.39, 0.29) is 11.4 Å². The lowest BCUT2D eigenvalue weighted by Crippen LogP contribution is -2.19. The topological polar surface area (TPSA) is 41.1 Å². The zero-order valence-electron chi connectivity index (χ0n) is 12.4. The molecule has 3 nitrogen and oxygen atoms in total. The van der Waals surface area contributed by atoms with Crippen LogP contribution < -0.4 is 10.6 Å². The molecule has 0 aliphatic carbocycles. The van der Waals surface area contributed by atoms with Gasteiger partial charge in [-0.2, -0.15) is 0 Å². The highest BCUT2D eigenvalue weighted by Crippen LogP contribution is 2.24. The van der Waals surface area contributed by atoms with Crippen molar-refractivity contribution in [2.45, 2.75) is 26.2 Å². The van der Waals surface area contributed by atoms with Gasteiger partial charge in [0.2, 0.25) is 0 Å². The van der Waals surface area contributed by atoms with Gasteiger partial charge in [0.15, 0.2) is 0 Å². The van der Waals surface area contributed by atoms with Gasteiger partial charge >= 0.3 is 6.03 Å². The molecular weight excluding hydrogens is 328 g/mol. The lowest BCUT2D eigenvalue weighted by molar-refractivity contribution is 0.262. The molecule has 2 aromatic rings. The van der Waals surface area contributed by atoms with Crippen molar-refractivity contribution in [3.8, 4) is 0 Å². The fourth-order valence-corrected chi connectivity index (χ4v) is 2.28. The largest absolute Gasteiger partial charge is 0.323 e. The number of amides is 2. The van der Waals surface area contributed by atoms with Crippen molar-refractivity contribution in [1.29, 1.82) is 0 Å². The molecule has 2 aromatic carbocycles. The maximum atomic E-state index is 12.0. The summed E-state index contributed by atoms with van der Waals surface area (Å²) in [6, 6.07) is 15.1. The van der Waals surface area contributed by atoms with Gasteiger partial charge in [0.1, 0.15) is 0 Å². The van der Waals surface area contributed by atoms with Crippen LogP contribution in [-0.2, 0) is 5.41 Å². The van der Waals surface area contributed by atoms with Gasteiger partial charge in [0, 0.05) is 10.2 Å². The molecule has 0 saturated carbocycles. The van der Waals surface area contributed by atoms with Crippen molar-refractivity contribution >= 4 is 33.3 Å². The highest BCUT2D eigenvalue weighted by atomic mass is 79.9. The van der Waals surface area contributed by atoms with Crippen LogP contribution in [0.5, 0.6) is 0 Å². The molecule has 0 aromatic heterocycles. The van der Waals surface area contributed by atoms with Gasteiger partial charge in [0.05, 0.1) is 5.69 Å². The molecule has 0 unspecified atom stereocenters. The molecule has 4 heteroatoms. The summed E-state index contributed by atoms with van der Waals surface area (Å²) in [5, 5.41) is 5.63. The lowest BCUT2D eigenvalue weighted by atomic mass is 9.87. The first-order chi connectivity index (χ1) is 9.86. The van der Waals surface area contributed by atoms with E-state index in [2.05, 4.69) is 47.3 Å². The Balaban J connectivity index is 2.02. The van der Waals surface area contributed by atoms with E-state index in [1.54, 1.807) is 0 Å². The van der Waals surface area contributed by atoms with Crippen molar-refractivity contribution in [2.24, 2.45) is 0 Å². The van der Waals surface area contributed by atoms with E-state index < -0.39 is 0 Å². The SMILES string of the molecule is CC(C)(C)c1ccc(NC(=O)Nc2ccccc2Br)cc1. The monoisotopic (exact) mass is 346 g/mol. The summed E-state index contributed by atoms with van der Waals surface area (Å²) >= 11 is 3.40. The molecule has 0 spiro atoms. The summed E-state index contributed by atoms with van der Waals surface area (Å²) in [7, 11) is 0. The highest BCUT2D eigenvalue weighted by Gasteiger charge is 2.13. The van der Waals surface area contributed by atoms with E-state index in [0.717, 1.165) is 15.8 Å².